The standard InChI is InChI=1S/C26H26FN5O5/c1-37-25(35)18-4-8-20(9-5-18)30-22-21(14-28)24(34)32(16-29-22)15-26(36)10-12-31(13-11-26)23(33)17-2-6-19(27)7-3-17/h2-9,14,16,28,30,36H,10-13,15H2,1H3. The second-order valence-electron chi connectivity index (χ2n) is 8.80. The number of piperidine rings is 1. The highest BCUT2D eigenvalue weighted by atomic mass is 19.1. The van der Waals surface area contributed by atoms with Crippen molar-refractivity contribution in [2.45, 2.75) is 25.0 Å². The summed E-state index contributed by atoms with van der Waals surface area (Å²) in [4.78, 5) is 43.2. The zero-order valence-corrected chi connectivity index (χ0v) is 20.1. The summed E-state index contributed by atoms with van der Waals surface area (Å²) >= 11 is 0. The number of nitrogens with zero attached hydrogens (tertiary/aromatic N) is 3. The molecule has 11 heteroatoms. The summed E-state index contributed by atoms with van der Waals surface area (Å²) in [5.41, 5.74) is -0.460. The molecule has 0 bridgehead atoms. The Balaban J connectivity index is 1.44. The molecule has 0 spiro atoms. The van der Waals surface area contributed by atoms with Gasteiger partial charge in [0.25, 0.3) is 11.5 Å². The average molecular weight is 508 g/mol. The molecule has 1 saturated heterocycles. The van der Waals surface area contributed by atoms with Crippen LogP contribution in [-0.2, 0) is 11.3 Å². The number of hydrogen-bond acceptors (Lipinski definition) is 8. The van der Waals surface area contributed by atoms with Crippen molar-refractivity contribution in [1.29, 1.82) is 5.41 Å². The van der Waals surface area contributed by atoms with E-state index in [1.165, 1.54) is 42.3 Å². The lowest BCUT2D eigenvalue weighted by Crippen LogP contribution is -2.49. The summed E-state index contributed by atoms with van der Waals surface area (Å²) in [5.74, 6) is -0.988. The number of carbonyl (C=O) groups excluding carboxylic acids is 2. The molecule has 10 nitrogen and oxygen atoms in total. The Kier molecular flexibility index (Phi) is 7.44. The van der Waals surface area contributed by atoms with Gasteiger partial charge in [0.05, 0.1) is 31.1 Å². The third kappa shape index (κ3) is 5.72. The van der Waals surface area contributed by atoms with E-state index in [0.29, 0.717) is 16.8 Å². The Morgan fingerprint density at radius 3 is 2.35 bits per heavy atom. The normalized spacial score (nSPS) is 14.6. The largest absolute Gasteiger partial charge is 0.465 e. The van der Waals surface area contributed by atoms with Crippen LogP contribution >= 0.6 is 0 Å². The van der Waals surface area contributed by atoms with Crippen LogP contribution in [0.3, 0.4) is 0 Å². The minimum absolute atomic E-state index is 0.00654. The SMILES string of the molecule is COC(=O)c1ccc(Nc2ncn(CC3(O)CCN(C(=O)c4ccc(F)cc4)CC3)c(=O)c2C=N)cc1. The van der Waals surface area contributed by atoms with Gasteiger partial charge in [-0.2, -0.15) is 0 Å². The fourth-order valence-corrected chi connectivity index (χ4v) is 4.17. The zero-order valence-electron chi connectivity index (χ0n) is 20.1. The van der Waals surface area contributed by atoms with Crippen LogP contribution in [0.15, 0.2) is 59.7 Å². The molecule has 0 unspecified atom stereocenters. The highest BCUT2D eigenvalue weighted by Crippen LogP contribution is 2.25. The lowest BCUT2D eigenvalue weighted by molar-refractivity contribution is -0.0300. The van der Waals surface area contributed by atoms with E-state index < -0.39 is 22.9 Å². The maximum Gasteiger partial charge on any atom is 0.337 e. The molecule has 0 radical (unpaired) electrons. The van der Waals surface area contributed by atoms with Gasteiger partial charge in [0.2, 0.25) is 0 Å². The van der Waals surface area contributed by atoms with Crippen LogP contribution in [0.1, 0.15) is 39.1 Å². The first-order valence-electron chi connectivity index (χ1n) is 11.6. The van der Waals surface area contributed by atoms with Crippen LogP contribution < -0.4 is 10.9 Å². The van der Waals surface area contributed by atoms with Crippen LogP contribution in [0.2, 0.25) is 0 Å². The molecule has 4 rings (SSSR count). The molecule has 1 aliphatic rings. The van der Waals surface area contributed by atoms with Crippen molar-refractivity contribution in [3.05, 3.63) is 87.7 Å². The number of halogens is 1. The van der Waals surface area contributed by atoms with Crippen LogP contribution in [0.25, 0.3) is 0 Å². The summed E-state index contributed by atoms with van der Waals surface area (Å²) in [6, 6.07) is 11.7. The van der Waals surface area contributed by atoms with E-state index in [0.717, 1.165) is 6.21 Å². The number of aliphatic hydroxyl groups is 1. The summed E-state index contributed by atoms with van der Waals surface area (Å²) in [6.45, 7) is 0.493. The van der Waals surface area contributed by atoms with Gasteiger partial charge in [-0.15, -0.1) is 0 Å². The molecule has 1 fully saturated rings. The van der Waals surface area contributed by atoms with Crippen molar-refractivity contribution < 1.29 is 23.8 Å². The molecule has 1 amide bonds. The summed E-state index contributed by atoms with van der Waals surface area (Å²) in [5, 5.41) is 21.8. The molecule has 3 aromatic rings. The Morgan fingerprint density at radius 2 is 1.76 bits per heavy atom. The lowest BCUT2D eigenvalue weighted by atomic mass is 9.91. The maximum absolute atomic E-state index is 13.2. The van der Waals surface area contributed by atoms with E-state index in [2.05, 4.69) is 15.0 Å². The Hall–Kier alpha value is -4.38. The molecule has 0 atom stereocenters. The number of carbonyl (C=O) groups is 2. The Morgan fingerprint density at radius 1 is 1.14 bits per heavy atom. The second kappa shape index (κ2) is 10.7. The number of nitrogens with one attached hydrogen (secondary N) is 2. The highest BCUT2D eigenvalue weighted by Gasteiger charge is 2.35. The number of benzene rings is 2. The maximum atomic E-state index is 13.2. The van der Waals surface area contributed by atoms with E-state index in [4.69, 9.17) is 5.41 Å². The third-order valence-corrected chi connectivity index (χ3v) is 6.32. The zero-order chi connectivity index (χ0) is 26.6. The number of rotatable bonds is 7. The van der Waals surface area contributed by atoms with Crippen LogP contribution in [0.5, 0.6) is 0 Å². The van der Waals surface area contributed by atoms with Crippen molar-refractivity contribution in [1.82, 2.24) is 14.5 Å². The molecule has 2 aromatic carbocycles. The number of esters is 1. The van der Waals surface area contributed by atoms with Crippen LogP contribution in [0, 0.1) is 11.2 Å². The first kappa shape index (κ1) is 25.7. The minimum atomic E-state index is -1.25. The predicted molar refractivity (Wildman–Crippen MR) is 134 cm³/mol. The smallest absolute Gasteiger partial charge is 0.337 e. The number of hydrogen-bond donors (Lipinski definition) is 3. The first-order chi connectivity index (χ1) is 17.7. The molecule has 0 saturated carbocycles. The van der Waals surface area contributed by atoms with Gasteiger partial charge in [0.15, 0.2) is 0 Å². The molecule has 192 valence electrons. The first-order valence-corrected chi connectivity index (χ1v) is 11.6. The Labute approximate surface area is 211 Å². The summed E-state index contributed by atoms with van der Waals surface area (Å²) in [6.07, 6.45) is 2.66. The highest BCUT2D eigenvalue weighted by molar-refractivity contribution is 5.94. The molecule has 2 heterocycles. The van der Waals surface area contributed by atoms with E-state index in [-0.39, 0.29) is 49.8 Å². The van der Waals surface area contributed by atoms with E-state index in [1.807, 2.05) is 0 Å². The molecular formula is C26H26FN5O5. The molecule has 1 aliphatic heterocycles. The van der Waals surface area contributed by atoms with Crippen molar-refractivity contribution in [3.63, 3.8) is 0 Å². The number of anilines is 2. The number of ether oxygens (including phenoxy) is 1. The van der Waals surface area contributed by atoms with Gasteiger partial charge in [-0.25, -0.2) is 14.2 Å². The summed E-state index contributed by atoms with van der Waals surface area (Å²) < 4.78 is 19.1. The molecule has 0 aliphatic carbocycles. The van der Waals surface area contributed by atoms with Crippen molar-refractivity contribution in [2.24, 2.45) is 0 Å². The van der Waals surface area contributed by atoms with Gasteiger partial charge in [-0.3, -0.25) is 14.2 Å². The third-order valence-electron chi connectivity index (χ3n) is 6.32. The van der Waals surface area contributed by atoms with Crippen LogP contribution in [-0.4, -0.2) is 63.4 Å². The number of methoxy groups -OCH3 is 1. The minimum Gasteiger partial charge on any atom is -0.465 e. The van der Waals surface area contributed by atoms with Gasteiger partial charge < -0.3 is 25.5 Å². The van der Waals surface area contributed by atoms with Gasteiger partial charge in [0, 0.05) is 30.6 Å². The summed E-state index contributed by atoms with van der Waals surface area (Å²) in [7, 11) is 1.29. The lowest BCUT2D eigenvalue weighted by Gasteiger charge is -2.38. The van der Waals surface area contributed by atoms with E-state index >= 15 is 0 Å². The van der Waals surface area contributed by atoms with Crippen LogP contribution in [0.4, 0.5) is 15.9 Å². The van der Waals surface area contributed by atoms with E-state index in [1.54, 1.807) is 29.2 Å². The average Bonchev–Trinajstić information content (AvgIpc) is 2.91. The fourth-order valence-electron chi connectivity index (χ4n) is 4.17. The van der Waals surface area contributed by atoms with Gasteiger partial charge in [-0.05, 0) is 61.4 Å². The van der Waals surface area contributed by atoms with E-state index in [9.17, 15) is 23.9 Å². The fraction of sp³-hybridized carbons (Fsp3) is 0.269. The number of aromatic nitrogens is 2. The molecule has 37 heavy (non-hydrogen) atoms. The topological polar surface area (TPSA) is 138 Å². The van der Waals surface area contributed by atoms with Gasteiger partial charge in [-0.1, -0.05) is 0 Å². The molecular weight excluding hydrogens is 481 g/mol. The molecule has 1 aromatic heterocycles. The second-order valence-corrected chi connectivity index (χ2v) is 8.80. The van der Waals surface area contributed by atoms with Crippen molar-refractivity contribution in [3.8, 4) is 0 Å². The number of amides is 1. The molecule has 3 N–H and O–H groups in total. The van der Waals surface area contributed by atoms with Gasteiger partial charge >= 0.3 is 5.97 Å². The predicted octanol–water partition coefficient (Wildman–Crippen LogP) is 2.58. The van der Waals surface area contributed by atoms with Crippen molar-refractivity contribution in [2.75, 3.05) is 25.5 Å². The van der Waals surface area contributed by atoms with Gasteiger partial charge in [0.1, 0.15) is 17.2 Å². The quantitative estimate of drug-likeness (QED) is 0.330. The number of likely N-dealkylation sites (tertiary alicyclic amines) is 1. The monoisotopic (exact) mass is 507 g/mol. The van der Waals surface area contributed by atoms with Crippen molar-refractivity contribution >= 4 is 29.6 Å². The Bertz CT molecular complexity index is 1360.